The average molecular weight is 233 g/mol. The first-order valence-corrected chi connectivity index (χ1v) is 5.46. The molecule has 5 heteroatoms. The van der Waals surface area contributed by atoms with Crippen LogP contribution in [0.25, 0.3) is 0 Å². The van der Waals surface area contributed by atoms with Crippen molar-refractivity contribution in [2.75, 3.05) is 6.61 Å². The van der Waals surface area contributed by atoms with E-state index in [4.69, 9.17) is 10.5 Å². The van der Waals surface area contributed by atoms with Crippen LogP contribution in [0, 0.1) is 0 Å². The predicted molar refractivity (Wildman–Crippen MR) is 64.7 cm³/mol. The summed E-state index contributed by atoms with van der Waals surface area (Å²) < 4.78 is 5.34. The molecule has 0 bridgehead atoms. The molecule has 1 aliphatic heterocycles. The number of hydrogen-bond donors (Lipinski definition) is 2. The minimum atomic E-state index is -0.936. The number of carbonyl (C=O) groups is 1. The van der Waals surface area contributed by atoms with Crippen LogP contribution < -0.4 is 15.8 Å². The summed E-state index contributed by atoms with van der Waals surface area (Å²) >= 11 is 0. The van der Waals surface area contributed by atoms with E-state index in [-0.39, 0.29) is 11.9 Å². The molecule has 0 aromatic heterocycles. The molecule has 17 heavy (non-hydrogen) atoms. The Kier molecular flexibility index (Phi) is 2.75. The summed E-state index contributed by atoms with van der Waals surface area (Å²) in [5, 5.41) is 2.50. The second kappa shape index (κ2) is 4.08. The van der Waals surface area contributed by atoms with Crippen molar-refractivity contribution in [3.05, 3.63) is 29.8 Å². The number of ether oxygens (including phenoxy) is 1. The number of aliphatic imine (C=N–C) groups is 1. The first kappa shape index (κ1) is 11.4. The fraction of sp³-hybridized carbons (Fsp3) is 0.333. The Balaban J connectivity index is 2.31. The Morgan fingerprint density at radius 1 is 1.41 bits per heavy atom. The van der Waals surface area contributed by atoms with Crippen molar-refractivity contribution in [3.63, 3.8) is 0 Å². The van der Waals surface area contributed by atoms with E-state index >= 15 is 0 Å². The molecule has 2 rings (SSSR count). The molecule has 1 aromatic rings. The minimum absolute atomic E-state index is 0.159. The zero-order valence-corrected chi connectivity index (χ0v) is 9.86. The summed E-state index contributed by atoms with van der Waals surface area (Å²) in [5.41, 5.74) is 5.36. The quantitative estimate of drug-likeness (QED) is 0.808. The number of benzene rings is 1. The smallest absolute Gasteiger partial charge is 0.259 e. The highest BCUT2D eigenvalue weighted by Crippen LogP contribution is 2.29. The van der Waals surface area contributed by atoms with Gasteiger partial charge in [-0.3, -0.25) is 10.1 Å². The van der Waals surface area contributed by atoms with Gasteiger partial charge in [-0.05, 0) is 31.5 Å². The molecule has 0 radical (unpaired) electrons. The van der Waals surface area contributed by atoms with Gasteiger partial charge in [0, 0.05) is 0 Å². The van der Waals surface area contributed by atoms with Gasteiger partial charge in [-0.1, -0.05) is 12.1 Å². The highest BCUT2D eigenvalue weighted by Gasteiger charge is 2.40. The topological polar surface area (TPSA) is 76.7 Å². The predicted octanol–water partition coefficient (Wildman–Crippen LogP) is 0.745. The van der Waals surface area contributed by atoms with E-state index in [1.54, 1.807) is 6.92 Å². The Labute approximate surface area is 99.7 Å². The largest absolute Gasteiger partial charge is 0.494 e. The van der Waals surface area contributed by atoms with Crippen LogP contribution in [0.5, 0.6) is 5.75 Å². The molecule has 0 aliphatic carbocycles. The molecule has 1 aromatic carbocycles. The highest BCUT2D eigenvalue weighted by molar-refractivity contribution is 6.06. The third-order valence-corrected chi connectivity index (χ3v) is 2.76. The van der Waals surface area contributed by atoms with E-state index in [0.717, 1.165) is 11.3 Å². The second-order valence-corrected chi connectivity index (χ2v) is 3.98. The van der Waals surface area contributed by atoms with E-state index in [9.17, 15) is 4.79 Å². The van der Waals surface area contributed by atoms with Crippen molar-refractivity contribution < 1.29 is 9.53 Å². The van der Waals surface area contributed by atoms with Gasteiger partial charge in [0.1, 0.15) is 5.75 Å². The van der Waals surface area contributed by atoms with Crippen LogP contribution in [0.2, 0.25) is 0 Å². The normalized spacial score (nSPS) is 23.2. The maximum atomic E-state index is 11.8. The van der Waals surface area contributed by atoms with Crippen LogP contribution in [0.4, 0.5) is 0 Å². The fourth-order valence-electron chi connectivity index (χ4n) is 1.80. The monoisotopic (exact) mass is 233 g/mol. The third-order valence-electron chi connectivity index (χ3n) is 2.76. The van der Waals surface area contributed by atoms with E-state index in [0.29, 0.717) is 6.61 Å². The number of carbonyl (C=O) groups excluding carboxylic acids is 1. The Morgan fingerprint density at radius 2 is 2.06 bits per heavy atom. The van der Waals surface area contributed by atoms with Gasteiger partial charge in [0.05, 0.1) is 6.61 Å². The summed E-state index contributed by atoms with van der Waals surface area (Å²) in [6.07, 6.45) is 0. The Hall–Kier alpha value is -2.04. The molecule has 0 saturated heterocycles. The Bertz CT molecular complexity index is 467. The minimum Gasteiger partial charge on any atom is -0.494 e. The van der Waals surface area contributed by atoms with Crippen molar-refractivity contribution >= 4 is 11.9 Å². The second-order valence-electron chi connectivity index (χ2n) is 3.98. The molecular formula is C12H15N3O2. The van der Waals surface area contributed by atoms with Crippen molar-refractivity contribution in [3.8, 4) is 5.75 Å². The van der Waals surface area contributed by atoms with Gasteiger partial charge in [0.15, 0.2) is 11.5 Å². The number of nitrogens with one attached hydrogen (secondary N) is 1. The SMILES string of the molecule is CCOc1ccc(C2(C)N=C(N)NC2=O)cc1. The van der Waals surface area contributed by atoms with E-state index < -0.39 is 5.54 Å². The summed E-state index contributed by atoms with van der Waals surface area (Å²) in [6.45, 7) is 4.27. The molecule has 1 unspecified atom stereocenters. The van der Waals surface area contributed by atoms with Crippen molar-refractivity contribution in [1.29, 1.82) is 0 Å². The van der Waals surface area contributed by atoms with Crippen molar-refractivity contribution in [1.82, 2.24) is 5.32 Å². The lowest BCUT2D eigenvalue weighted by molar-refractivity contribution is -0.123. The lowest BCUT2D eigenvalue weighted by Gasteiger charge is -2.18. The molecule has 1 heterocycles. The van der Waals surface area contributed by atoms with Gasteiger partial charge in [0.25, 0.3) is 5.91 Å². The molecule has 3 N–H and O–H groups in total. The molecular weight excluding hydrogens is 218 g/mol. The molecule has 1 aliphatic rings. The zero-order valence-electron chi connectivity index (χ0n) is 9.86. The van der Waals surface area contributed by atoms with Gasteiger partial charge < -0.3 is 10.5 Å². The number of amides is 1. The van der Waals surface area contributed by atoms with Crippen LogP contribution in [-0.4, -0.2) is 18.5 Å². The van der Waals surface area contributed by atoms with Gasteiger partial charge in [0.2, 0.25) is 0 Å². The maximum absolute atomic E-state index is 11.8. The van der Waals surface area contributed by atoms with Gasteiger partial charge in [-0.15, -0.1) is 0 Å². The number of rotatable bonds is 3. The fourth-order valence-corrected chi connectivity index (χ4v) is 1.80. The van der Waals surface area contributed by atoms with Crippen molar-refractivity contribution in [2.45, 2.75) is 19.4 Å². The first-order valence-electron chi connectivity index (χ1n) is 5.46. The molecule has 90 valence electrons. The molecule has 1 atom stereocenters. The Morgan fingerprint density at radius 3 is 2.53 bits per heavy atom. The molecule has 0 saturated carbocycles. The van der Waals surface area contributed by atoms with Crippen LogP contribution in [0.15, 0.2) is 29.3 Å². The lowest BCUT2D eigenvalue weighted by atomic mass is 9.92. The standard InChI is InChI=1S/C12H15N3O2/c1-3-17-9-6-4-8(5-7-9)12(2)10(16)14-11(13)15-12/h4-7H,3H2,1-2H3,(H3,13,14,15,16). The van der Waals surface area contributed by atoms with Crippen LogP contribution in [0.1, 0.15) is 19.4 Å². The summed E-state index contributed by atoms with van der Waals surface area (Å²) in [4.78, 5) is 15.9. The number of nitrogens with two attached hydrogens (primary N) is 1. The van der Waals surface area contributed by atoms with Crippen LogP contribution in [0.3, 0.4) is 0 Å². The number of hydrogen-bond acceptors (Lipinski definition) is 4. The van der Waals surface area contributed by atoms with E-state index in [1.165, 1.54) is 0 Å². The summed E-state index contributed by atoms with van der Waals surface area (Å²) in [7, 11) is 0. The molecule has 0 spiro atoms. The number of nitrogens with zero attached hydrogens (tertiary/aromatic N) is 1. The van der Waals surface area contributed by atoms with Gasteiger partial charge in [-0.2, -0.15) is 0 Å². The first-order chi connectivity index (χ1) is 8.06. The highest BCUT2D eigenvalue weighted by atomic mass is 16.5. The van der Waals surface area contributed by atoms with E-state index in [1.807, 2.05) is 31.2 Å². The molecule has 0 fully saturated rings. The molecule has 1 amide bonds. The lowest BCUT2D eigenvalue weighted by Crippen LogP contribution is -2.37. The average Bonchev–Trinajstić information content (AvgIpc) is 2.55. The zero-order chi connectivity index (χ0) is 12.5. The molecule has 5 nitrogen and oxygen atoms in total. The summed E-state index contributed by atoms with van der Waals surface area (Å²) in [6, 6.07) is 7.29. The van der Waals surface area contributed by atoms with E-state index in [2.05, 4.69) is 10.3 Å². The van der Waals surface area contributed by atoms with Crippen LogP contribution in [-0.2, 0) is 10.3 Å². The third kappa shape index (κ3) is 1.95. The maximum Gasteiger partial charge on any atom is 0.259 e. The van der Waals surface area contributed by atoms with Crippen molar-refractivity contribution in [2.24, 2.45) is 10.7 Å². The van der Waals surface area contributed by atoms with Crippen LogP contribution >= 0.6 is 0 Å². The summed E-state index contributed by atoms with van der Waals surface area (Å²) in [5.74, 6) is 0.723. The van der Waals surface area contributed by atoms with Gasteiger partial charge in [-0.25, -0.2) is 4.99 Å². The number of guanidine groups is 1. The van der Waals surface area contributed by atoms with Gasteiger partial charge >= 0.3 is 0 Å².